The topological polar surface area (TPSA) is 52.0 Å². The first kappa shape index (κ1) is 4.69. The largest absolute Gasteiger partial charge is 0.385 e. The Balaban J connectivity index is 3.14. The summed E-state index contributed by atoms with van der Waals surface area (Å²) in [5.41, 5.74) is 9.71. The summed E-state index contributed by atoms with van der Waals surface area (Å²) >= 11 is 3.60. The summed E-state index contributed by atoms with van der Waals surface area (Å²) in [6, 6.07) is 0. The Morgan fingerprint density at radius 1 is 1.60 bits per heavy atom. The van der Waals surface area contributed by atoms with Crippen LogP contribution in [0.4, 0.5) is 0 Å². The molecule has 0 aromatic rings. The van der Waals surface area contributed by atoms with Crippen molar-refractivity contribution in [2.24, 2.45) is 11.5 Å². The summed E-state index contributed by atoms with van der Waals surface area (Å²) in [5.74, 6) is 0.244. The first-order valence-electron chi connectivity index (χ1n) is 1.12. The van der Waals surface area contributed by atoms with E-state index in [9.17, 15) is 0 Å². The van der Waals surface area contributed by atoms with Gasteiger partial charge in [-0.2, -0.15) is 0 Å². The average Bonchev–Trinajstić information content (AvgIpc) is 1.38. The lowest BCUT2D eigenvalue weighted by molar-refractivity contribution is 1.27. The van der Waals surface area contributed by atoms with Crippen LogP contribution in [0.5, 0.6) is 0 Å². The minimum atomic E-state index is 0.244. The molecule has 0 aromatic carbocycles. The van der Waals surface area contributed by atoms with Crippen LogP contribution in [0.15, 0.2) is 11.2 Å². The fourth-order valence-corrected chi connectivity index (χ4v) is 0. The molecule has 0 aliphatic heterocycles. The Morgan fingerprint density at radius 2 is 1.80 bits per heavy atom. The van der Waals surface area contributed by atoms with Gasteiger partial charge in [0.2, 0.25) is 0 Å². The van der Waals surface area contributed by atoms with E-state index in [1.165, 1.54) is 5.41 Å². The molecule has 0 radical (unpaired) electrons. The number of rotatable bonds is 0. The SMILES string of the molecule is NC(N)=CS. The van der Waals surface area contributed by atoms with Crippen molar-refractivity contribution in [3.63, 3.8) is 0 Å². The molecule has 0 aliphatic rings. The monoisotopic (exact) mass is 90.0 g/mol. The number of thiol groups is 1. The highest BCUT2D eigenvalue weighted by molar-refractivity contribution is 7.83. The molecule has 0 saturated carbocycles. The molecule has 0 saturated heterocycles. The molecule has 0 rings (SSSR count). The van der Waals surface area contributed by atoms with Crippen molar-refractivity contribution in [3.05, 3.63) is 11.2 Å². The maximum atomic E-state index is 4.85. The highest BCUT2D eigenvalue weighted by Crippen LogP contribution is 1.71. The summed E-state index contributed by atoms with van der Waals surface area (Å²) in [7, 11) is 0. The van der Waals surface area contributed by atoms with Crippen LogP contribution in [0.3, 0.4) is 0 Å². The third kappa shape index (κ3) is 3.69. The summed E-state index contributed by atoms with van der Waals surface area (Å²) in [5, 5.41) is 1.33. The van der Waals surface area contributed by atoms with Gasteiger partial charge in [0.25, 0.3) is 0 Å². The molecule has 30 valence electrons. The molecule has 0 aliphatic carbocycles. The van der Waals surface area contributed by atoms with E-state index in [4.69, 9.17) is 11.5 Å². The zero-order chi connectivity index (χ0) is 4.28. The average molecular weight is 90.2 g/mol. The van der Waals surface area contributed by atoms with Crippen LogP contribution in [0.2, 0.25) is 0 Å². The van der Waals surface area contributed by atoms with Crippen molar-refractivity contribution < 1.29 is 0 Å². The quantitative estimate of drug-likeness (QED) is 0.355. The summed E-state index contributed by atoms with van der Waals surface area (Å²) in [6.07, 6.45) is 0. The smallest absolute Gasteiger partial charge is 0.0995 e. The van der Waals surface area contributed by atoms with Crippen molar-refractivity contribution in [2.45, 2.75) is 0 Å². The van der Waals surface area contributed by atoms with Crippen LogP contribution in [0, 0.1) is 0 Å². The Labute approximate surface area is 36.2 Å². The van der Waals surface area contributed by atoms with Crippen molar-refractivity contribution >= 4 is 12.6 Å². The molecule has 3 heteroatoms. The molecule has 0 fully saturated rings. The van der Waals surface area contributed by atoms with Gasteiger partial charge in [0.15, 0.2) is 0 Å². The van der Waals surface area contributed by atoms with Gasteiger partial charge in [-0.15, -0.1) is 12.6 Å². The molecular weight excluding hydrogens is 84.1 g/mol. The minimum absolute atomic E-state index is 0.244. The summed E-state index contributed by atoms with van der Waals surface area (Å²) < 4.78 is 0. The van der Waals surface area contributed by atoms with Gasteiger partial charge < -0.3 is 11.5 Å². The van der Waals surface area contributed by atoms with Crippen molar-refractivity contribution in [2.75, 3.05) is 0 Å². The van der Waals surface area contributed by atoms with E-state index in [1.807, 2.05) is 0 Å². The summed E-state index contributed by atoms with van der Waals surface area (Å²) in [4.78, 5) is 0. The zero-order valence-corrected chi connectivity index (χ0v) is 3.57. The van der Waals surface area contributed by atoms with E-state index in [1.54, 1.807) is 0 Å². The second-order valence-electron chi connectivity index (χ2n) is 0.629. The second-order valence-corrected chi connectivity index (χ2v) is 0.887. The van der Waals surface area contributed by atoms with Crippen LogP contribution < -0.4 is 11.5 Å². The van der Waals surface area contributed by atoms with Crippen LogP contribution >= 0.6 is 12.6 Å². The molecule has 0 heterocycles. The first-order chi connectivity index (χ1) is 2.27. The van der Waals surface area contributed by atoms with Crippen LogP contribution in [-0.4, -0.2) is 0 Å². The molecule has 0 bridgehead atoms. The van der Waals surface area contributed by atoms with Crippen molar-refractivity contribution in [3.8, 4) is 0 Å². The number of nitrogens with two attached hydrogens (primary N) is 2. The molecule has 4 N–H and O–H groups in total. The van der Waals surface area contributed by atoms with Gasteiger partial charge in [-0.25, -0.2) is 0 Å². The van der Waals surface area contributed by atoms with E-state index >= 15 is 0 Å². The maximum Gasteiger partial charge on any atom is 0.0995 e. The van der Waals surface area contributed by atoms with Crippen molar-refractivity contribution in [1.29, 1.82) is 0 Å². The number of hydrogen-bond donors (Lipinski definition) is 3. The molecular formula is C2H6N2S. The van der Waals surface area contributed by atoms with E-state index < -0.39 is 0 Å². The van der Waals surface area contributed by atoms with Crippen molar-refractivity contribution in [1.82, 2.24) is 0 Å². The van der Waals surface area contributed by atoms with Crippen LogP contribution in [0.25, 0.3) is 0 Å². The van der Waals surface area contributed by atoms with E-state index in [0.29, 0.717) is 0 Å². The predicted molar refractivity (Wildman–Crippen MR) is 25.4 cm³/mol. The Kier molecular flexibility index (Phi) is 1.84. The lowest BCUT2D eigenvalue weighted by Gasteiger charge is -1.77. The lowest BCUT2D eigenvalue weighted by Crippen LogP contribution is -2.05. The highest BCUT2D eigenvalue weighted by Gasteiger charge is 1.60. The standard InChI is InChI=1S/C2H6N2S/c3-2(4)1-5/h1,5H,3-4H2. The first-order valence-corrected chi connectivity index (χ1v) is 1.64. The second kappa shape index (κ2) is 1.96. The predicted octanol–water partition coefficient (Wildman–Crippen LogP) is -0.367. The van der Waals surface area contributed by atoms with Gasteiger partial charge in [0.05, 0.1) is 5.82 Å². The van der Waals surface area contributed by atoms with E-state index in [2.05, 4.69) is 12.6 Å². The van der Waals surface area contributed by atoms with E-state index in [-0.39, 0.29) is 5.82 Å². The van der Waals surface area contributed by atoms with Gasteiger partial charge in [-0.05, 0) is 0 Å². The van der Waals surface area contributed by atoms with Gasteiger partial charge in [0.1, 0.15) is 0 Å². The molecule has 2 nitrogen and oxygen atoms in total. The molecule has 0 amide bonds. The third-order valence-corrected chi connectivity index (χ3v) is 0.447. The maximum absolute atomic E-state index is 4.85. The highest BCUT2D eigenvalue weighted by atomic mass is 32.1. The molecule has 0 atom stereocenters. The molecule has 0 unspecified atom stereocenters. The Morgan fingerprint density at radius 3 is 1.80 bits per heavy atom. The molecule has 0 aromatic heterocycles. The van der Waals surface area contributed by atoms with Gasteiger partial charge in [-0.1, -0.05) is 0 Å². The molecule has 0 spiro atoms. The van der Waals surface area contributed by atoms with Crippen LogP contribution in [-0.2, 0) is 0 Å². The fourth-order valence-electron chi connectivity index (χ4n) is 0. The van der Waals surface area contributed by atoms with Gasteiger partial charge >= 0.3 is 0 Å². The van der Waals surface area contributed by atoms with Gasteiger partial charge in [-0.3, -0.25) is 0 Å². The lowest BCUT2D eigenvalue weighted by atomic mass is 10.9. The Bertz CT molecular complexity index is 45.6. The van der Waals surface area contributed by atoms with Gasteiger partial charge in [0, 0.05) is 5.41 Å². The Hall–Kier alpha value is -0.310. The van der Waals surface area contributed by atoms with Crippen LogP contribution in [0.1, 0.15) is 0 Å². The fraction of sp³-hybridized carbons (Fsp3) is 0. The number of hydrogen-bond acceptors (Lipinski definition) is 3. The zero-order valence-electron chi connectivity index (χ0n) is 2.68. The van der Waals surface area contributed by atoms with E-state index in [0.717, 1.165) is 0 Å². The minimum Gasteiger partial charge on any atom is -0.385 e. The summed E-state index contributed by atoms with van der Waals surface area (Å²) in [6.45, 7) is 0. The normalized spacial score (nSPS) is 6.60. The molecule has 5 heavy (non-hydrogen) atoms. The third-order valence-electron chi connectivity index (χ3n) is 0.149.